The molecule has 0 radical (unpaired) electrons. The van der Waals surface area contributed by atoms with Crippen LogP contribution in [0.3, 0.4) is 0 Å². The minimum atomic E-state index is -0.618. The second-order valence-electron chi connectivity index (χ2n) is 7.49. The first kappa shape index (κ1) is 19.4. The van der Waals surface area contributed by atoms with Gasteiger partial charge in [-0.1, -0.05) is 12.1 Å². The number of aromatic hydroxyl groups is 1. The van der Waals surface area contributed by atoms with Gasteiger partial charge in [0.1, 0.15) is 16.9 Å². The Bertz CT molecular complexity index is 1360. The molecule has 4 aromatic rings. The summed E-state index contributed by atoms with van der Waals surface area (Å²) in [6.45, 7) is 0.627. The number of thiazole rings is 1. The Balaban J connectivity index is 1.54. The number of aromatic nitrogens is 4. The van der Waals surface area contributed by atoms with Gasteiger partial charge in [0.15, 0.2) is 5.69 Å². The number of hydrogen-bond donors (Lipinski definition) is 1. The van der Waals surface area contributed by atoms with Crippen molar-refractivity contribution in [3.63, 3.8) is 0 Å². The van der Waals surface area contributed by atoms with Gasteiger partial charge in [-0.3, -0.25) is 9.59 Å². The summed E-state index contributed by atoms with van der Waals surface area (Å²) in [6, 6.07) is 5.76. The third kappa shape index (κ3) is 3.28. The number of likely N-dealkylation sites (tertiary alicyclic amines) is 1. The fourth-order valence-corrected chi connectivity index (χ4v) is 4.73. The van der Waals surface area contributed by atoms with E-state index in [0.717, 1.165) is 10.4 Å². The molecule has 158 valence electrons. The largest absolute Gasteiger partial charge is 0.501 e. The first-order valence-corrected chi connectivity index (χ1v) is 10.5. The Labute approximate surface area is 179 Å². The van der Waals surface area contributed by atoms with Crippen molar-refractivity contribution in [1.29, 1.82) is 0 Å². The third-order valence-corrected chi connectivity index (χ3v) is 6.47. The Morgan fingerprint density at radius 3 is 2.71 bits per heavy atom. The van der Waals surface area contributed by atoms with E-state index in [2.05, 4.69) is 9.97 Å². The number of carbonyl (C=O) groups is 1. The minimum absolute atomic E-state index is 0.0437. The minimum Gasteiger partial charge on any atom is -0.501 e. The first-order valence-electron chi connectivity index (χ1n) is 9.69. The summed E-state index contributed by atoms with van der Waals surface area (Å²) < 4.78 is 16.0. The van der Waals surface area contributed by atoms with E-state index in [1.807, 2.05) is 0 Å². The van der Waals surface area contributed by atoms with Crippen LogP contribution < -0.4 is 5.56 Å². The van der Waals surface area contributed by atoms with Crippen molar-refractivity contribution in [1.82, 2.24) is 23.8 Å². The van der Waals surface area contributed by atoms with Crippen molar-refractivity contribution < 1.29 is 14.3 Å². The molecule has 1 aliphatic heterocycles. The summed E-state index contributed by atoms with van der Waals surface area (Å²) in [5.74, 6) is -0.557. The number of benzene rings is 1. The van der Waals surface area contributed by atoms with E-state index in [0.29, 0.717) is 24.4 Å². The SMILES string of the molecule is CN1CCC(n2ccn3c(=O)c(O)c(-c4ncc(Cc5ccc(F)cc5)s4)nc23)C1=O. The third-order valence-electron chi connectivity index (χ3n) is 5.46. The van der Waals surface area contributed by atoms with Crippen LogP contribution in [0.5, 0.6) is 5.75 Å². The van der Waals surface area contributed by atoms with Gasteiger partial charge in [0.25, 0.3) is 0 Å². The Morgan fingerprint density at radius 2 is 2.00 bits per heavy atom. The van der Waals surface area contributed by atoms with Crippen LogP contribution in [-0.2, 0) is 11.2 Å². The number of halogens is 1. The van der Waals surface area contributed by atoms with Crippen LogP contribution in [0.25, 0.3) is 16.5 Å². The highest BCUT2D eigenvalue weighted by Gasteiger charge is 2.32. The fourth-order valence-electron chi connectivity index (χ4n) is 3.79. The molecule has 0 saturated carbocycles. The van der Waals surface area contributed by atoms with Crippen molar-refractivity contribution in [2.45, 2.75) is 18.9 Å². The standard InChI is InChI=1S/C21H18FN5O3S/c1-25-7-6-15(19(25)29)26-8-9-27-20(30)17(28)16(24-21(26)27)18-23-11-14(31-18)10-12-2-4-13(22)5-3-12/h2-5,8-9,11,15,28H,6-7,10H2,1H3. The van der Waals surface area contributed by atoms with Crippen LogP contribution in [-0.4, -0.2) is 48.4 Å². The van der Waals surface area contributed by atoms with E-state index in [-0.39, 0.29) is 23.2 Å². The molecule has 1 N–H and O–H groups in total. The lowest BCUT2D eigenvalue weighted by molar-refractivity contribution is -0.129. The summed E-state index contributed by atoms with van der Waals surface area (Å²) in [5.41, 5.74) is 0.383. The molecular weight excluding hydrogens is 421 g/mol. The smallest absolute Gasteiger partial charge is 0.302 e. The maximum absolute atomic E-state index is 13.1. The summed E-state index contributed by atoms with van der Waals surface area (Å²) >= 11 is 1.30. The first-order chi connectivity index (χ1) is 14.9. The van der Waals surface area contributed by atoms with Crippen molar-refractivity contribution in [2.24, 2.45) is 0 Å². The number of fused-ring (bicyclic) bond motifs is 1. The molecule has 31 heavy (non-hydrogen) atoms. The molecule has 1 saturated heterocycles. The zero-order chi connectivity index (χ0) is 21.7. The van der Waals surface area contributed by atoms with Crippen LogP contribution in [0, 0.1) is 5.82 Å². The number of nitrogens with zero attached hydrogens (tertiary/aromatic N) is 5. The molecule has 1 aliphatic rings. The zero-order valence-electron chi connectivity index (χ0n) is 16.5. The number of rotatable bonds is 4. The highest BCUT2D eigenvalue weighted by atomic mass is 32.1. The average Bonchev–Trinajstić information content (AvgIpc) is 3.47. The zero-order valence-corrected chi connectivity index (χ0v) is 17.3. The maximum Gasteiger partial charge on any atom is 0.302 e. The van der Waals surface area contributed by atoms with Crippen molar-refractivity contribution in [3.8, 4) is 16.5 Å². The molecule has 0 bridgehead atoms. The normalized spacial score (nSPS) is 16.5. The summed E-state index contributed by atoms with van der Waals surface area (Å²) in [4.78, 5) is 36.6. The van der Waals surface area contributed by atoms with Gasteiger partial charge in [-0.15, -0.1) is 11.3 Å². The van der Waals surface area contributed by atoms with Gasteiger partial charge < -0.3 is 14.6 Å². The lowest BCUT2D eigenvalue weighted by atomic mass is 10.1. The molecule has 10 heteroatoms. The van der Waals surface area contributed by atoms with Gasteiger partial charge in [0, 0.05) is 43.5 Å². The fraction of sp³-hybridized carbons (Fsp3) is 0.238. The number of amides is 1. The molecule has 1 fully saturated rings. The number of likely N-dealkylation sites (N-methyl/N-ethyl adjacent to an activating group) is 1. The van der Waals surface area contributed by atoms with Gasteiger partial charge in [0.2, 0.25) is 17.4 Å². The van der Waals surface area contributed by atoms with E-state index in [9.17, 15) is 19.1 Å². The van der Waals surface area contributed by atoms with Crippen LogP contribution in [0.1, 0.15) is 22.9 Å². The molecule has 0 spiro atoms. The molecule has 1 atom stereocenters. The molecular formula is C21H18FN5O3S. The number of imidazole rings is 1. The van der Waals surface area contributed by atoms with Crippen LogP contribution in [0.4, 0.5) is 4.39 Å². The second-order valence-corrected chi connectivity index (χ2v) is 8.60. The van der Waals surface area contributed by atoms with E-state index in [4.69, 9.17) is 0 Å². The maximum atomic E-state index is 13.1. The van der Waals surface area contributed by atoms with Crippen molar-refractivity contribution in [3.05, 3.63) is 69.5 Å². The lowest BCUT2D eigenvalue weighted by Gasteiger charge is -2.12. The average molecular weight is 439 g/mol. The van der Waals surface area contributed by atoms with Crippen molar-refractivity contribution in [2.75, 3.05) is 13.6 Å². The Hall–Kier alpha value is -3.53. The van der Waals surface area contributed by atoms with Crippen LogP contribution in [0.15, 0.2) is 47.7 Å². The Morgan fingerprint density at radius 1 is 1.23 bits per heavy atom. The Kier molecular flexibility index (Phi) is 4.58. The van der Waals surface area contributed by atoms with Crippen LogP contribution in [0.2, 0.25) is 0 Å². The molecule has 1 amide bonds. The topological polar surface area (TPSA) is 92.7 Å². The number of carbonyl (C=O) groups excluding carboxylic acids is 1. The predicted molar refractivity (Wildman–Crippen MR) is 113 cm³/mol. The van der Waals surface area contributed by atoms with Gasteiger partial charge in [-0.05, 0) is 24.1 Å². The van der Waals surface area contributed by atoms with Gasteiger partial charge in [-0.25, -0.2) is 18.8 Å². The lowest BCUT2D eigenvalue weighted by Crippen LogP contribution is -2.25. The molecule has 8 nitrogen and oxygen atoms in total. The van der Waals surface area contributed by atoms with E-state index >= 15 is 0 Å². The highest BCUT2D eigenvalue weighted by molar-refractivity contribution is 7.15. The van der Waals surface area contributed by atoms with Crippen LogP contribution >= 0.6 is 11.3 Å². The molecule has 1 aromatic carbocycles. The quantitative estimate of drug-likeness (QED) is 0.527. The predicted octanol–water partition coefficient (Wildman–Crippen LogP) is 2.46. The second kappa shape index (κ2) is 7.31. The number of hydrogen-bond acceptors (Lipinski definition) is 6. The van der Waals surface area contributed by atoms with E-state index in [1.54, 1.807) is 41.0 Å². The van der Waals surface area contributed by atoms with Crippen molar-refractivity contribution >= 4 is 23.0 Å². The molecule has 0 aliphatic carbocycles. The molecule has 5 rings (SSSR count). The van der Waals surface area contributed by atoms with E-state index in [1.165, 1.54) is 34.1 Å². The summed E-state index contributed by atoms with van der Waals surface area (Å²) in [6.07, 6.45) is 5.95. The van der Waals surface area contributed by atoms with E-state index < -0.39 is 17.4 Å². The summed E-state index contributed by atoms with van der Waals surface area (Å²) in [7, 11) is 1.74. The van der Waals surface area contributed by atoms with Gasteiger partial charge in [-0.2, -0.15) is 0 Å². The van der Waals surface area contributed by atoms with Gasteiger partial charge >= 0.3 is 5.56 Å². The summed E-state index contributed by atoms with van der Waals surface area (Å²) in [5, 5.41) is 10.9. The molecule has 4 heterocycles. The monoisotopic (exact) mass is 439 g/mol. The molecule has 1 unspecified atom stereocenters. The molecule has 3 aromatic heterocycles. The highest BCUT2D eigenvalue weighted by Crippen LogP contribution is 2.31. The van der Waals surface area contributed by atoms with Gasteiger partial charge in [0.05, 0.1) is 0 Å².